The number of nitrogens with one attached hydrogen (secondary N) is 1. The molecule has 1 saturated heterocycles. The van der Waals surface area contributed by atoms with Crippen LogP contribution in [0.15, 0.2) is 22.6 Å². The van der Waals surface area contributed by atoms with Gasteiger partial charge in [0, 0.05) is 25.2 Å². The molecule has 1 aliphatic heterocycles. The first-order chi connectivity index (χ1) is 12.5. The van der Waals surface area contributed by atoms with Gasteiger partial charge >= 0.3 is 5.97 Å². The van der Waals surface area contributed by atoms with Crippen molar-refractivity contribution in [3.63, 3.8) is 0 Å². The lowest BCUT2D eigenvalue weighted by atomic mass is 10.0. The predicted molar refractivity (Wildman–Crippen MR) is 94.8 cm³/mol. The van der Waals surface area contributed by atoms with E-state index in [0.717, 1.165) is 18.6 Å². The molecular weight excluding hydrogens is 336 g/mol. The lowest BCUT2D eigenvalue weighted by Crippen LogP contribution is -2.48. The Bertz CT molecular complexity index is 774. The standard InChI is InChI=1S/C18H24N4O4/c1-3-21(11-17(23)24)13-6-8-22(9-7-13)18(25)15-10-14(19-20-15)16-5-4-12(2)26-16/h4-5,10,13H,3,6-9,11H2,1-2H3,(H,19,20)(H,23,24). The SMILES string of the molecule is CCN(CC(=O)O)C1CCN(C(=O)c2cc(-c3ccc(C)o3)[nH]n2)CC1. The van der Waals surface area contributed by atoms with Gasteiger partial charge in [-0.25, -0.2) is 0 Å². The van der Waals surface area contributed by atoms with Gasteiger partial charge in [0.25, 0.3) is 5.91 Å². The third kappa shape index (κ3) is 3.96. The van der Waals surface area contributed by atoms with Gasteiger partial charge in [0.1, 0.15) is 11.5 Å². The number of likely N-dealkylation sites (N-methyl/N-ethyl adjacent to an activating group) is 1. The minimum atomic E-state index is -0.817. The molecule has 0 saturated carbocycles. The number of likely N-dealkylation sites (tertiary alicyclic amines) is 1. The van der Waals surface area contributed by atoms with Crippen LogP contribution in [0.5, 0.6) is 0 Å². The molecule has 1 fully saturated rings. The molecule has 2 N–H and O–H groups in total. The topological polar surface area (TPSA) is 103 Å². The van der Waals surface area contributed by atoms with E-state index in [9.17, 15) is 9.59 Å². The van der Waals surface area contributed by atoms with Crippen molar-refractivity contribution in [2.24, 2.45) is 0 Å². The highest BCUT2D eigenvalue weighted by atomic mass is 16.4. The van der Waals surface area contributed by atoms with Gasteiger partial charge in [-0.15, -0.1) is 0 Å². The zero-order chi connectivity index (χ0) is 18.7. The summed E-state index contributed by atoms with van der Waals surface area (Å²) in [6.07, 6.45) is 1.53. The summed E-state index contributed by atoms with van der Waals surface area (Å²) < 4.78 is 5.54. The summed E-state index contributed by atoms with van der Waals surface area (Å²) in [5, 5.41) is 16.0. The fourth-order valence-corrected chi connectivity index (χ4v) is 3.41. The predicted octanol–water partition coefficient (Wildman–Crippen LogP) is 1.99. The smallest absolute Gasteiger partial charge is 0.317 e. The van der Waals surface area contributed by atoms with Gasteiger partial charge in [0.15, 0.2) is 11.5 Å². The second kappa shape index (κ2) is 7.74. The zero-order valence-electron chi connectivity index (χ0n) is 15.1. The van der Waals surface area contributed by atoms with E-state index in [1.807, 2.05) is 30.9 Å². The maximum Gasteiger partial charge on any atom is 0.317 e. The van der Waals surface area contributed by atoms with Gasteiger partial charge in [-0.2, -0.15) is 5.10 Å². The lowest BCUT2D eigenvalue weighted by molar-refractivity contribution is -0.139. The van der Waals surface area contributed by atoms with Crippen LogP contribution in [0, 0.1) is 6.92 Å². The van der Waals surface area contributed by atoms with E-state index in [0.29, 0.717) is 36.8 Å². The second-order valence-electron chi connectivity index (χ2n) is 6.56. The maximum absolute atomic E-state index is 12.7. The molecule has 140 valence electrons. The molecule has 0 spiro atoms. The van der Waals surface area contributed by atoms with E-state index in [1.54, 1.807) is 11.0 Å². The number of amides is 1. The highest BCUT2D eigenvalue weighted by Gasteiger charge is 2.28. The molecular formula is C18H24N4O4. The van der Waals surface area contributed by atoms with Crippen molar-refractivity contribution in [2.45, 2.75) is 32.7 Å². The number of carbonyl (C=O) groups is 2. The normalized spacial score (nSPS) is 15.6. The Kier molecular flexibility index (Phi) is 5.41. The van der Waals surface area contributed by atoms with Gasteiger partial charge in [-0.1, -0.05) is 6.92 Å². The highest BCUT2D eigenvalue weighted by Crippen LogP contribution is 2.22. The van der Waals surface area contributed by atoms with Crippen molar-refractivity contribution >= 4 is 11.9 Å². The number of hydrogen-bond acceptors (Lipinski definition) is 5. The van der Waals surface area contributed by atoms with Crippen molar-refractivity contribution in [3.8, 4) is 11.5 Å². The summed E-state index contributed by atoms with van der Waals surface area (Å²) >= 11 is 0. The summed E-state index contributed by atoms with van der Waals surface area (Å²) in [4.78, 5) is 27.4. The van der Waals surface area contributed by atoms with E-state index < -0.39 is 5.97 Å². The summed E-state index contributed by atoms with van der Waals surface area (Å²) in [5.41, 5.74) is 1.04. The number of rotatable bonds is 6. The van der Waals surface area contributed by atoms with E-state index in [2.05, 4.69) is 10.2 Å². The van der Waals surface area contributed by atoms with Gasteiger partial charge in [0.2, 0.25) is 0 Å². The summed E-state index contributed by atoms with van der Waals surface area (Å²) in [6, 6.07) is 5.60. The molecule has 0 atom stereocenters. The van der Waals surface area contributed by atoms with Crippen molar-refractivity contribution in [2.75, 3.05) is 26.2 Å². The Morgan fingerprint density at radius 3 is 2.69 bits per heavy atom. The molecule has 0 radical (unpaired) electrons. The van der Waals surface area contributed by atoms with Crippen LogP contribution in [-0.4, -0.2) is 69.2 Å². The first kappa shape index (κ1) is 18.2. The average Bonchev–Trinajstić information content (AvgIpc) is 3.28. The molecule has 8 nitrogen and oxygen atoms in total. The third-order valence-corrected chi connectivity index (χ3v) is 4.82. The number of piperidine rings is 1. The van der Waals surface area contributed by atoms with Crippen LogP contribution in [0.25, 0.3) is 11.5 Å². The number of carboxylic acids is 1. The average molecular weight is 360 g/mol. The molecule has 3 rings (SSSR count). The molecule has 0 unspecified atom stereocenters. The van der Waals surface area contributed by atoms with Gasteiger partial charge < -0.3 is 14.4 Å². The van der Waals surface area contributed by atoms with Crippen LogP contribution >= 0.6 is 0 Å². The van der Waals surface area contributed by atoms with E-state index in [-0.39, 0.29) is 18.5 Å². The van der Waals surface area contributed by atoms with Crippen LogP contribution in [0.3, 0.4) is 0 Å². The zero-order valence-corrected chi connectivity index (χ0v) is 15.1. The number of hydrogen-bond donors (Lipinski definition) is 2. The first-order valence-electron chi connectivity index (χ1n) is 8.85. The van der Waals surface area contributed by atoms with Gasteiger partial charge in [-0.3, -0.25) is 19.6 Å². The molecule has 2 aromatic heterocycles. The number of aryl methyl sites for hydroxylation is 1. The molecule has 3 heterocycles. The van der Waals surface area contributed by atoms with Crippen LogP contribution in [0.2, 0.25) is 0 Å². The fourth-order valence-electron chi connectivity index (χ4n) is 3.41. The maximum atomic E-state index is 12.7. The highest BCUT2D eigenvalue weighted by molar-refractivity contribution is 5.93. The quantitative estimate of drug-likeness (QED) is 0.817. The van der Waals surface area contributed by atoms with Crippen LogP contribution in [0.1, 0.15) is 36.0 Å². The number of H-pyrrole nitrogens is 1. The van der Waals surface area contributed by atoms with Crippen molar-refractivity contribution in [3.05, 3.63) is 29.7 Å². The Balaban J connectivity index is 1.60. The number of aromatic nitrogens is 2. The van der Waals surface area contributed by atoms with Crippen molar-refractivity contribution < 1.29 is 19.1 Å². The minimum Gasteiger partial charge on any atom is -0.480 e. The molecule has 1 aliphatic rings. The molecule has 0 aromatic carbocycles. The number of furan rings is 1. The molecule has 1 amide bonds. The van der Waals surface area contributed by atoms with Gasteiger partial charge in [0.05, 0.1) is 6.54 Å². The Morgan fingerprint density at radius 1 is 1.38 bits per heavy atom. The van der Waals surface area contributed by atoms with E-state index in [1.165, 1.54) is 0 Å². The number of carbonyl (C=O) groups excluding carboxylic acids is 1. The molecule has 8 heteroatoms. The largest absolute Gasteiger partial charge is 0.480 e. The van der Waals surface area contributed by atoms with Crippen LogP contribution in [-0.2, 0) is 4.79 Å². The number of aromatic amines is 1. The molecule has 0 aliphatic carbocycles. The van der Waals surface area contributed by atoms with Crippen molar-refractivity contribution in [1.29, 1.82) is 0 Å². The second-order valence-corrected chi connectivity index (χ2v) is 6.56. The third-order valence-electron chi connectivity index (χ3n) is 4.82. The number of carboxylic acid groups (broad SMARTS) is 1. The van der Waals surface area contributed by atoms with E-state index >= 15 is 0 Å². The van der Waals surface area contributed by atoms with Crippen molar-refractivity contribution in [1.82, 2.24) is 20.0 Å². The molecule has 26 heavy (non-hydrogen) atoms. The Morgan fingerprint density at radius 2 is 2.12 bits per heavy atom. The summed E-state index contributed by atoms with van der Waals surface area (Å²) in [5.74, 6) is 0.518. The van der Waals surface area contributed by atoms with Gasteiger partial charge in [-0.05, 0) is 38.4 Å². The Hall–Kier alpha value is -2.61. The lowest BCUT2D eigenvalue weighted by Gasteiger charge is -2.37. The fraction of sp³-hybridized carbons (Fsp3) is 0.500. The molecule has 2 aromatic rings. The van der Waals surface area contributed by atoms with Crippen LogP contribution < -0.4 is 0 Å². The number of aliphatic carboxylic acids is 1. The molecule has 0 bridgehead atoms. The Labute approximate surface area is 151 Å². The summed E-state index contributed by atoms with van der Waals surface area (Å²) in [7, 11) is 0. The van der Waals surface area contributed by atoms with Crippen LogP contribution in [0.4, 0.5) is 0 Å². The number of nitrogens with zero attached hydrogens (tertiary/aromatic N) is 3. The minimum absolute atomic E-state index is 0.0421. The van der Waals surface area contributed by atoms with E-state index in [4.69, 9.17) is 9.52 Å². The first-order valence-corrected chi connectivity index (χ1v) is 8.85. The summed E-state index contributed by atoms with van der Waals surface area (Å²) in [6.45, 7) is 5.75. The monoisotopic (exact) mass is 360 g/mol.